The van der Waals surface area contributed by atoms with Crippen LogP contribution in [-0.4, -0.2) is 97.2 Å². The maximum atomic E-state index is 13.8. The number of amides is 1. The van der Waals surface area contributed by atoms with Crippen LogP contribution in [0, 0.1) is 0 Å². The summed E-state index contributed by atoms with van der Waals surface area (Å²) in [5.74, 6) is 0.105. The van der Waals surface area contributed by atoms with Gasteiger partial charge in [-0.2, -0.15) is 4.31 Å². The molecule has 2 N–H and O–H groups in total. The Morgan fingerprint density at radius 2 is 1.93 bits per heavy atom. The number of carbonyl (C=O) groups is 1. The molecule has 0 unspecified atom stereocenters. The largest absolute Gasteiger partial charge is 0.383 e. The van der Waals surface area contributed by atoms with Gasteiger partial charge in [-0.1, -0.05) is 23.7 Å². The summed E-state index contributed by atoms with van der Waals surface area (Å²) < 4.78 is 41.0. The Morgan fingerprint density at radius 3 is 2.73 bits per heavy atom. The van der Waals surface area contributed by atoms with Gasteiger partial charge in [-0.25, -0.2) is 18.4 Å². The molecule has 2 aliphatic rings. The quantitative estimate of drug-likeness (QED) is 0.317. The van der Waals surface area contributed by atoms with E-state index in [1.165, 1.54) is 10.6 Å². The summed E-state index contributed by atoms with van der Waals surface area (Å²) >= 11 is 7.27. The van der Waals surface area contributed by atoms with Crippen LogP contribution in [0.3, 0.4) is 0 Å². The van der Waals surface area contributed by atoms with Gasteiger partial charge < -0.3 is 20.1 Å². The highest BCUT2D eigenvalue weighted by Gasteiger charge is 2.40. The molecule has 216 valence electrons. The van der Waals surface area contributed by atoms with Crippen molar-refractivity contribution < 1.29 is 22.7 Å². The normalized spacial score (nSPS) is 19.2. The van der Waals surface area contributed by atoms with Crippen molar-refractivity contribution in [3.8, 4) is 0 Å². The van der Waals surface area contributed by atoms with Crippen LogP contribution in [0.2, 0.25) is 5.02 Å². The van der Waals surface area contributed by atoms with E-state index in [1.54, 1.807) is 29.2 Å². The Labute approximate surface area is 246 Å². The van der Waals surface area contributed by atoms with Crippen LogP contribution in [0.1, 0.15) is 5.56 Å². The molecule has 1 atom stereocenters. The standard InChI is InChI=1S/C27H29ClN6O5S2/c1-32(15-25-38-6-7-39-25)12-20-13-33(41(36,37)26-9-18-3-4-19(28)10-23(18)40-26)14-24(35)34(20)11-17-2-5-21-22(8-17)30-16-31-27(21)29/h2-5,8-10,16,20,25H,6-7,11-15H2,1H3,(H2,29,30,31)/t20-/m0/s1. The fourth-order valence-corrected chi connectivity index (χ4v) is 8.51. The van der Waals surface area contributed by atoms with Gasteiger partial charge in [0, 0.05) is 41.3 Å². The van der Waals surface area contributed by atoms with Gasteiger partial charge in [0.15, 0.2) is 6.29 Å². The second kappa shape index (κ2) is 11.4. The molecule has 2 aromatic heterocycles. The Bertz CT molecular complexity index is 1710. The molecule has 0 aliphatic carbocycles. The number of rotatable bonds is 8. The number of piperazine rings is 1. The van der Waals surface area contributed by atoms with E-state index in [2.05, 4.69) is 9.97 Å². The Hall–Kier alpha value is -2.91. The maximum absolute atomic E-state index is 13.8. The van der Waals surface area contributed by atoms with E-state index in [9.17, 15) is 13.2 Å². The summed E-state index contributed by atoms with van der Waals surface area (Å²) in [5.41, 5.74) is 7.52. The maximum Gasteiger partial charge on any atom is 0.253 e. The van der Waals surface area contributed by atoms with Gasteiger partial charge in [0.1, 0.15) is 16.4 Å². The third-order valence-electron chi connectivity index (χ3n) is 7.30. The van der Waals surface area contributed by atoms with Crippen LogP contribution >= 0.6 is 22.9 Å². The Morgan fingerprint density at radius 1 is 1.12 bits per heavy atom. The van der Waals surface area contributed by atoms with Gasteiger partial charge in [-0.05, 0) is 48.3 Å². The molecular formula is C27H29ClN6O5S2. The van der Waals surface area contributed by atoms with Gasteiger partial charge in [-0.15, -0.1) is 11.3 Å². The third kappa shape index (κ3) is 5.89. The molecule has 6 rings (SSSR count). The van der Waals surface area contributed by atoms with Crippen molar-refractivity contribution in [3.63, 3.8) is 0 Å². The molecule has 2 saturated heterocycles. The molecular weight excluding hydrogens is 588 g/mol. The summed E-state index contributed by atoms with van der Waals surface area (Å²) in [5, 5.41) is 2.06. The lowest BCUT2D eigenvalue weighted by molar-refractivity contribution is -0.139. The molecule has 4 heterocycles. The molecule has 0 spiro atoms. The second-order valence-corrected chi connectivity index (χ2v) is 13.9. The molecule has 0 radical (unpaired) electrons. The molecule has 2 aromatic carbocycles. The summed E-state index contributed by atoms with van der Waals surface area (Å²) in [6.45, 7) is 2.17. The number of carbonyl (C=O) groups excluding carboxylic acids is 1. The zero-order chi connectivity index (χ0) is 28.7. The summed E-state index contributed by atoms with van der Waals surface area (Å²) in [6, 6.07) is 12.1. The molecule has 1 amide bonds. The van der Waals surface area contributed by atoms with Crippen LogP contribution in [-0.2, 0) is 30.8 Å². The van der Waals surface area contributed by atoms with E-state index in [0.717, 1.165) is 32.4 Å². The zero-order valence-electron chi connectivity index (χ0n) is 22.3. The topological polar surface area (TPSA) is 131 Å². The SMILES string of the molecule is CN(CC1OCCO1)C[C@H]1CN(S(=O)(=O)c2cc3ccc(Cl)cc3s2)CC(=O)N1Cc1ccc2c(N)ncnc2c1. The number of nitrogens with zero attached hydrogens (tertiary/aromatic N) is 5. The van der Waals surface area contributed by atoms with Crippen molar-refractivity contribution in [1.82, 2.24) is 24.1 Å². The molecule has 41 heavy (non-hydrogen) atoms. The minimum atomic E-state index is -3.93. The average Bonchev–Trinajstić information content (AvgIpc) is 3.60. The Kier molecular flexibility index (Phi) is 7.85. The van der Waals surface area contributed by atoms with Crippen molar-refractivity contribution in [1.29, 1.82) is 0 Å². The summed E-state index contributed by atoms with van der Waals surface area (Å²) in [7, 11) is -2.02. The minimum Gasteiger partial charge on any atom is -0.383 e. The number of hydrogen-bond acceptors (Lipinski definition) is 10. The van der Waals surface area contributed by atoms with Gasteiger partial charge in [0.2, 0.25) is 5.91 Å². The van der Waals surface area contributed by atoms with Crippen molar-refractivity contribution in [2.45, 2.75) is 23.1 Å². The number of halogens is 1. The van der Waals surface area contributed by atoms with Crippen LogP contribution in [0.25, 0.3) is 21.0 Å². The highest BCUT2D eigenvalue weighted by atomic mass is 35.5. The van der Waals surface area contributed by atoms with Crippen molar-refractivity contribution >= 4 is 65.7 Å². The van der Waals surface area contributed by atoms with Crippen LogP contribution in [0.4, 0.5) is 5.82 Å². The smallest absolute Gasteiger partial charge is 0.253 e. The number of anilines is 1. The van der Waals surface area contributed by atoms with Crippen molar-refractivity contribution in [2.24, 2.45) is 0 Å². The third-order valence-corrected chi connectivity index (χ3v) is 10.9. The number of fused-ring (bicyclic) bond motifs is 2. The van der Waals surface area contributed by atoms with Crippen LogP contribution in [0.5, 0.6) is 0 Å². The number of nitrogens with two attached hydrogens (primary N) is 1. The number of thiophene rings is 1. The highest BCUT2D eigenvalue weighted by molar-refractivity contribution is 7.91. The number of sulfonamides is 1. The van der Waals surface area contributed by atoms with Gasteiger partial charge in [0.05, 0.1) is 31.3 Å². The molecule has 0 bridgehead atoms. The van der Waals surface area contributed by atoms with E-state index in [1.807, 2.05) is 30.1 Å². The minimum absolute atomic E-state index is 0.141. The number of ether oxygens (including phenoxy) is 2. The van der Waals surface area contributed by atoms with Crippen LogP contribution in [0.15, 0.2) is 53.0 Å². The van der Waals surface area contributed by atoms with E-state index in [-0.39, 0.29) is 29.5 Å². The lowest BCUT2D eigenvalue weighted by Crippen LogP contribution is -2.60. The average molecular weight is 617 g/mol. The number of aromatic nitrogens is 2. The number of likely N-dealkylation sites (N-methyl/N-ethyl adjacent to an activating group) is 1. The highest BCUT2D eigenvalue weighted by Crippen LogP contribution is 2.34. The van der Waals surface area contributed by atoms with Crippen LogP contribution < -0.4 is 5.73 Å². The predicted molar refractivity (Wildman–Crippen MR) is 157 cm³/mol. The number of hydrogen-bond donors (Lipinski definition) is 1. The van der Waals surface area contributed by atoms with Gasteiger partial charge in [0.25, 0.3) is 10.0 Å². The lowest BCUT2D eigenvalue weighted by Gasteiger charge is -2.42. The van der Waals surface area contributed by atoms with Crippen molar-refractivity contribution in [3.05, 3.63) is 59.4 Å². The predicted octanol–water partition coefficient (Wildman–Crippen LogP) is 2.79. The number of benzene rings is 2. The molecule has 11 nitrogen and oxygen atoms in total. The van der Waals surface area contributed by atoms with E-state index in [4.69, 9.17) is 26.8 Å². The van der Waals surface area contributed by atoms with E-state index in [0.29, 0.717) is 49.2 Å². The van der Waals surface area contributed by atoms with Gasteiger partial charge in [-0.3, -0.25) is 9.69 Å². The monoisotopic (exact) mass is 616 g/mol. The zero-order valence-corrected chi connectivity index (χ0v) is 24.7. The summed E-state index contributed by atoms with van der Waals surface area (Å²) in [6.07, 6.45) is 1.05. The molecule has 2 fully saturated rings. The lowest BCUT2D eigenvalue weighted by atomic mass is 10.1. The first-order chi connectivity index (χ1) is 19.7. The first-order valence-electron chi connectivity index (χ1n) is 13.1. The first kappa shape index (κ1) is 28.2. The fraction of sp³-hybridized carbons (Fsp3) is 0.370. The molecule has 14 heteroatoms. The van der Waals surface area contributed by atoms with E-state index < -0.39 is 16.1 Å². The van der Waals surface area contributed by atoms with Crippen molar-refractivity contribution in [2.75, 3.05) is 52.2 Å². The van der Waals surface area contributed by atoms with Gasteiger partial charge >= 0.3 is 0 Å². The van der Waals surface area contributed by atoms with E-state index >= 15 is 0 Å². The summed E-state index contributed by atoms with van der Waals surface area (Å²) in [4.78, 5) is 25.8. The molecule has 2 aliphatic heterocycles. The second-order valence-electron chi connectivity index (χ2n) is 10.2. The molecule has 0 saturated carbocycles. The Balaban J connectivity index is 1.28. The number of nitrogen functional groups attached to an aromatic ring is 1. The molecule has 4 aromatic rings. The first-order valence-corrected chi connectivity index (χ1v) is 15.7. The fourth-order valence-electron chi connectivity index (χ4n) is 5.26.